The van der Waals surface area contributed by atoms with Gasteiger partial charge < -0.3 is 18.9 Å². The highest BCUT2D eigenvalue weighted by atomic mass is 35.5. The molecule has 2 aliphatic rings. The van der Waals surface area contributed by atoms with Crippen LogP contribution in [-0.2, 0) is 38.1 Å². The third kappa shape index (κ3) is 24.5. The largest absolute Gasteiger partial charge is 0.463 e. The molecule has 0 saturated carbocycles. The molecule has 36 heavy (non-hydrogen) atoms. The molecule has 2 atom stereocenters. The lowest BCUT2D eigenvalue weighted by atomic mass is 10.1. The van der Waals surface area contributed by atoms with Crippen LogP contribution in [0.4, 0.5) is 0 Å². The molecule has 2 heterocycles. The molecule has 0 bridgehead atoms. The fraction of sp³-hybridized carbons (Fsp3) is 0.846. The monoisotopic (exact) mass is 552 g/mol. The molecule has 8 nitrogen and oxygen atoms in total. The van der Waals surface area contributed by atoms with Gasteiger partial charge in [-0.3, -0.25) is 19.2 Å². The van der Waals surface area contributed by atoms with Gasteiger partial charge >= 0.3 is 11.9 Å². The minimum Gasteiger partial charge on any atom is -0.463 e. The van der Waals surface area contributed by atoms with Crippen molar-refractivity contribution in [2.45, 2.75) is 115 Å². The van der Waals surface area contributed by atoms with E-state index in [2.05, 4.69) is 0 Å². The summed E-state index contributed by atoms with van der Waals surface area (Å²) in [6.07, 6.45) is 14.2. The number of ether oxygens (including phenoxy) is 4. The number of rotatable bonds is 22. The van der Waals surface area contributed by atoms with Crippen LogP contribution in [0, 0.1) is 0 Å². The van der Waals surface area contributed by atoms with Gasteiger partial charge in [0.2, 0.25) is 10.5 Å². The van der Waals surface area contributed by atoms with E-state index in [1.807, 2.05) is 0 Å². The zero-order valence-electron chi connectivity index (χ0n) is 21.3. The van der Waals surface area contributed by atoms with E-state index in [4.69, 9.17) is 42.1 Å². The summed E-state index contributed by atoms with van der Waals surface area (Å²) in [7, 11) is 0. The maximum absolute atomic E-state index is 11.4. The second-order valence-electron chi connectivity index (χ2n) is 9.23. The average molecular weight is 554 g/mol. The average Bonchev–Trinajstić information content (AvgIpc) is 3.75. The molecule has 10 heteroatoms. The van der Waals surface area contributed by atoms with Crippen molar-refractivity contribution in [2.24, 2.45) is 0 Å². The number of esters is 2. The zero-order chi connectivity index (χ0) is 26.4. The van der Waals surface area contributed by atoms with Crippen LogP contribution in [0.3, 0.4) is 0 Å². The normalized spacial score (nSPS) is 17.5. The van der Waals surface area contributed by atoms with E-state index in [0.717, 1.165) is 90.3 Å². The van der Waals surface area contributed by atoms with Crippen molar-refractivity contribution in [3.05, 3.63) is 0 Å². The molecular weight excluding hydrogens is 511 g/mol. The Morgan fingerprint density at radius 1 is 0.528 bits per heavy atom. The van der Waals surface area contributed by atoms with Gasteiger partial charge in [-0.1, -0.05) is 51.4 Å². The Balaban J connectivity index is 0.000000402. The highest BCUT2D eigenvalue weighted by Crippen LogP contribution is 2.13. The van der Waals surface area contributed by atoms with E-state index >= 15 is 0 Å². The van der Waals surface area contributed by atoms with Crippen LogP contribution in [0.5, 0.6) is 0 Å². The highest BCUT2D eigenvalue weighted by Gasteiger charge is 2.24. The first kappa shape index (κ1) is 32.8. The van der Waals surface area contributed by atoms with Gasteiger partial charge in [0.25, 0.3) is 0 Å². The second-order valence-corrected chi connectivity index (χ2v) is 10.1. The van der Waals surface area contributed by atoms with Crippen molar-refractivity contribution in [1.29, 1.82) is 0 Å². The van der Waals surface area contributed by atoms with Crippen LogP contribution in [0.15, 0.2) is 0 Å². The number of hydrogen-bond acceptors (Lipinski definition) is 8. The molecule has 208 valence electrons. The molecule has 2 unspecified atom stereocenters. The van der Waals surface area contributed by atoms with Crippen LogP contribution in [-0.4, -0.2) is 61.1 Å². The second kappa shape index (κ2) is 21.8. The molecule has 0 amide bonds. The molecule has 2 fully saturated rings. The van der Waals surface area contributed by atoms with Gasteiger partial charge in [0.15, 0.2) is 0 Å². The van der Waals surface area contributed by atoms with Crippen molar-refractivity contribution < 1.29 is 38.1 Å². The lowest BCUT2D eigenvalue weighted by molar-refractivity contribution is -0.145. The van der Waals surface area contributed by atoms with E-state index in [9.17, 15) is 19.2 Å². The summed E-state index contributed by atoms with van der Waals surface area (Å²) in [5, 5.41) is -0.504. The Bertz CT molecular complexity index is 581. The van der Waals surface area contributed by atoms with Gasteiger partial charge in [-0.2, -0.15) is 0 Å². The van der Waals surface area contributed by atoms with Crippen LogP contribution < -0.4 is 0 Å². The number of carbonyl (C=O) groups is 4. The summed E-state index contributed by atoms with van der Waals surface area (Å²) in [6.45, 7) is 2.24. The lowest BCUT2D eigenvalue weighted by Gasteiger charge is -2.04. The zero-order valence-corrected chi connectivity index (χ0v) is 22.8. The van der Waals surface area contributed by atoms with E-state index in [-0.39, 0.29) is 34.6 Å². The van der Waals surface area contributed by atoms with Crippen molar-refractivity contribution >= 4 is 45.6 Å². The predicted molar refractivity (Wildman–Crippen MR) is 137 cm³/mol. The van der Waals surface area contributed by atoms with Crippen LogP contribution in [0.2, 0.25) is 0 Å². The van der Waals surface area contributed by atoms with Crippen molar-refractivity contribution in [3.8, 4) is 0 Å². The van der Waals surface area contributed by atoms with Crippen LogP contribution in [0.25, 0.3) is 0 Å². The Morgan fingerprint density at radius 2 is 0.806 bits per heavy atom. The first-order valence-electron chi connectivity index (χ1n) is 13.3. The molecule has 2 rings (SSSR count). The molecule has 0 spiro atoms. The topological polar surface area (TPSA) is 112 Å². The maximum Gasteiger partial charge on any atom is 0.305 e. The van der Waals surface area contributed by atoms with Gasteiger partial charge in [0.1, 0.15) is 25.4 Å². The van der Waals surface area contributed by atoms with Gasteiger partial charge in [0.05, 0.1) is 13.2 Å². The number of epoxide rings is 2. The molecule has 0 radical (unpaired) electrons. The Hall–Kier alpha value is -1.22. The first-order chi connectivity index (χ1) is 17.4. The number of hydrogen-bond donors (Lipinski definition) is 0. The molecule has 2 aliphatic heterocycles. The van der Waals surface area contributed by atoms with Crippen molar-refractivity contribution in [2.75, 3.05) is 26.4 Å². The summed E-state index contributed by atoms with van der Waals surface area (Å²) < 4.78 is 20.1. The molecule has 0 aliphatic carbocycles. The highest BCUT2D eigenvalue weighted by molar-refractivity contribution is 6.63. The Kier molecular flexibility index (Phi) is 19.9. The third-order valence-corrected chi connectivity index (χ3v) is 6.05. The van der Waals surface area contributed by atoms with Crippen LogP contribution in [0.1, 0.15) is 103 Å². The van der Waals surface area contributed by atoms with Crippen LogP contribution >= 0.6 is 23.2 Å². The predicted octanol–water partition coefficient (Wildman–Crippen LogP) is 5.63. The minimum absolute atomic E-state index is 0.127. The number of unbranched alkanes of at least 4 members (excludes halogenated alkanes) is 10. The molecule has 0 N–H and O–H groups in total. The third-order valence-electron chi connectivity index (χ3n) is 5.67. The fourth-order valence-electron chi connectivity index (χ4n) is 3.33. The SMILES string of the molecule is O=C(CCCCCCCCC(=O)OCC1CO1)OCC1CO1.O=C(Cl)CCCCCCCCC(=O)Cl. The molecule has 2 saturated heterocycles. The summed E-state index contributed by atoms with van der Waals surface area (Å²) in [4.78, 5) is 43.5. The standard InChI is InChI=1S/C16H26O6.C10H16Cl2O2/c17-15(21-11-13-9-19-13)7-5-3-1-2-4-6-8-16(18)22-12-14-10-20-14;11-9(13)7-5-3-1-2-4-6-8-10(12)14/h13-14H,1-12H2;1-8H2. The summed E-state index contributed by atoms with van der Waals surface area (Å²) >= 11 is 10.4. The lowest BCUT2D eigenvalue weighted by Crippen LogP contribution is -2.09. The van der Waals surface area contributed by atoms with Gasteiger partial charge in [-0.25, -0.2) is 0 Å². The Morgan fingerprint density at radius 3 is 1.08 bits per heavy atom. The fourth-order valence-corrected chi connectivity index (χ4v) is 3.59. The van der Waals surface area contributed by atoms with Crippen molar-refractivity contribution in [1.82, 2.24) is 0 Å². The van der Waals surface area contributed by atoms with Gasteiger partial charge in [0, 0.05) is 25.7 Å². The molecule has 0 aromatic heterocycles. The smallest absolute Gasteiger partial charge is 0.305 e. The van der Waals surface area contributed by atoms with Gasteiger partial charge in [-0.15, -0.1) is 0 Å². The number of carbonyl (C=O) groups excluding carboxylic acids is 4. The van der Waals surface area contributed by atoms with E-state index in [1.54, 1.807) is 0 Å². The van der Waals surface area contributed by atoms with E-state index in [1.165, 1.54) is 0 Å². The minimum atomic E-state index is -0.252. The number of halogens is 2. The molecule has 0 aromatic rings. The molecule has 0 aromatic carbocycles. The summed E-state index contributed by atoms with van der Waals surface area (Å²) in [5.41, 5.74) is 0. The first-order valence-corrected chi connectivity index (χ1v) is 14.0. The van der Waals surface area contributed by atoms with Gasteiger partial charge in [-0.05, 0) is 48.9 Å². The van der Waals surface area contributed by atoms with E-state index < -0.39 is 0 Å². The van der Waals surface area contributed by atoms with E-state index in [0.29, 0.717) is 38.9 Å². The maximum atomic E-state index is 11.4. The molecular formula is C26H42Cl2O8. The quantitative estimate of drug-likeness (QED) is 0.0734. The summed E-state index contributed by atoms with van der Waals surface area (Å²) in [6, 6.07) is 0. The van der Waals surface area contributed by atoms with Crippen molar-refractivity contribution in [3.63, 3.8) is 0 Å². The Labute approximate surface area is 225 Å². The summed E-state index contributed by atoms with van der Waals surface area (Å²) in [5.74, 6) is -0.254.